The van der Waals surface area contributed by atoms with Gasteiger partial charge in [0.1, 0.15) is 24.2 Å². The van der Waals surface area contributed by atoms with Crippen LogP contribution >= 0.6 is 0 Å². The van der Waals surface area contributed by atoms with E-state index >= 15 is 0 Å². The zero-order valence-electron chi connectivity index (χ0n) is 23.2. The fourth-order valence-electron chi connectivity index (χ4n) is 3.55. The quantitative estimate of drug-likeness (QED) is 0.187. The molecule has 36 heavy (non-hydrogen) atoms. The van der Waals surface area contributed by atoms with Gasteiger partial charge in [0.05, 0.1) is 6.04 Å². The molecule has 0 heterocycles. The van der Waals surface area contributed by atoms with Gasteiger partial charge in [0, 0.05) is 0 Å². The predicted molar refractivity (Wildman–Crippen MR) is 138 cm³/mol. The van der Waals surface area contributed by atoms with Gasteiger partial charge < -0.3 is 32.1 Å². The summed E-state index contributed by atoms with van der Waals surface area (Å²) in [7, 11) is 0. The summed E-state index contributed by atoms with van der Waals surface area (Å²) >= 11 is 0. The van der Waals surface area contributed by atoms with Crippen LogP contribution in [0.5, 0.6) is 0 Å². The first-order valence-electron chi connectivity index (χ1n) is 12.7. The number of hydrogen-bond acceptors (Lipinski definition) is 6. The Morgan fingerprint density at radius 1 is 0.611 bits per heavy atom. The van der Waals surface area contributed by atoms with E-state index in [2.05, 4.69) is 21.3 Å². The number of carbonyl (C=O) groups excluding carboxylic acids is 4. The lowest BCUT2D eigenvalue weighted by Crippen LogP contribution is -2.59. The van der Waals surface area contributed by atoms with Crippen molar-refractivity contribution in [3.05, 3.63) is 0 Å². The van der Waals surface area contributed by atoms with Crippen molar-refractivity contribution >= 4 is 29.6 Å². The van der Waals surface area contributed by atoms with Gasteiger partial charge in [-0.05, 0) is 43.4 Å². The van der Waals surface area contributed by atoms with Gasteiger partial charge in [0.2, 0.25) is 23.6 Å². The van der Waals surface area contributed by atoms with E-state index in [-0.39, 0.29) is 23.7 Å². The fraction of sp³-hybridized carbons (Fsp3) is 0.800. The summed E-state index contributed by atoms with van der Waals surface area (Å²) < 4.78 is 0. The fourth-order valence-corrected chi connectivity index (χ4v) is 3.55. The Labute approximate surface area is 215 Å². The van der Waals surface area contributed by atoms with Crippen LogP contribution in [0.4, 0.5) is 0 Å². The zero-order valence-corrected chi connectivity index (χ0v) is 23.2. The molecule has 0 aromatic heterocycles. The molecule has 0 aromatic rings. The lowest BCUT2D eigenvalue weighted by atomic mass is 9.98. The van der Waals surface area contributed by atoms with Gasteiger partial charge in [-0.25, -0.2) is 4.79 Å². The summed E-state index contributed by atoms with van der Waals surface area (Å²) in [6.07, 6.45) is 0.821. The van der Waals surface area contributed by atoms with E-state index in [4.69, 9.17) is 5.73 Å². The van der Waals surface area contributed by atoms with E-state index in [1.54, 1.807) is 27.7 Å². The highest BCUT2D eigenvalue weighted by atomic mass is 16.4. The van der Waals surface area contributed by atoms with E-state index < -0.39 is 59.8 Å². The van der Waals surface area contributed by atoms with E-state index in [9.17, 15) is 29.1 Å². The topological polar surface area (TPSA) is 180 Å². The molecule has 11 nitrogen and oxygen atoms in total. The molecule has 0 fully saturated rings. The van der Waals surface area contributed by atoms with Crippen molar-refractivity contribution in [3.8, 4) is 0 Å². The normalized spacial score (nSPS) is 15.7. The smallest absolute Gasteiger partial charge is 0.326 e. The molecule has 0 aliphatic carbocycles. The third-order valence-electron chi connectivity index (χ3n) is 5.63. The first-order chi connectivity index (χ1) is 16.5. The highest BCUT2D eigenvalue weighted by Gasteiger charge is 2.32. The van der Waals surface area contributed by atoms with Crippen molar-refractivity contribution in [3.63, 3.8) is 0 Å². The molecule has 0 aliphatic rings. The number of carboxylic acid groups (broad SMARTS) is 1. The van der Waals surface area contributed by atoms with Gasteiger partial charge in [-0.1, -0.05) is 55.4 Å². The van der Waals surface area contributed by atoms with Crippen molar-refractivity contribution < 1.29 is 29.1 Å². The number of carboxylic acids is 1. The molecular formula is C25H47N5O6. The summed E-state index contributed by atoms with van der Waals surface area (Å²) in [6.45, 7) is 16.0. The number of nitrogens with one attached hydrogen (secondary N) is 4. The monoisotopic (exact) mass is 513 g/mol. The third kappa shape index (κ3) is 11.8. The third-order valence-corrected chi connectivity index (χ3v) is 5.63. The lowest BCUT2D eigenvalue weighted by molar-refractivity contribution is -0.143. The predicted octanol–water partition coefficient (Wildman–Crippen LogP) is 0.762. The molecule has 7 N–H and O–H groups in total. The van der Waals surface area contributed by atoms with Crippen LogP contribution < -0.4 is 27.0 Å². The summed E-state index contributed by atoms with van der Waals surface area (Å²) in [5.41, 5.74) is 5.97. The number of hydrogen-bond donors (Lipinski definition) is 6. The summed E-state index contributed by atoms with van der Waals surface area (Å²) in [4.78, 5) is 62.4. The molecule has 5 atom stereocenters. The van der Waals surface area contributed by atoms with Crippen LogP contribution in [0.25, 0.3) is 0 Å². The average Bonchev–Trinajstić information content (AvgIpc) is 2.72. The molecule has 0 saturated heterocycles. The number of aliphatic carboxylic acids is 1. The van der Waals surface area contributed by atoms with Crippen LogP contribution in [0.1, 0.15) is 75.2 Å². The highest BCUT2D eigenvalue weighted by Crippen LogP contribution is 2.10. The molecule has 4 amide bonds. The van der Waals surface area contributed by atoms with Gasteiger partial charge in [-0.2, -0.15) is 0 Å². The Balaban J connectivity index is 5.41. The molecule has 208 valence electrons. The average molecular weight is 514 g/mol. The minimum atomic E-state index is -1.17. The van der Waals surface area contributed by atoms with Crippen LogP contribution in [-0.4, -0.2) is 64.9 Å². The minimum absolute atomic E-state index is 0.0838. The number of carbonyl (C=O) groups is 5. The molecule has 0 rings (SSSR count). The van der Waals surface area contributed by atoms with Gasteiger partial charge in [0.15, 0.2) is 0 Å². The van der Waals surface area contributed by atoms with Crippen molar-refractivity contribution in [2.45, 2.75) is 105 Å². The van der Waals surface area contributed by atoms with E-state index in [0.29, 0.717) is 12.8 Å². The Bertz CT molecular complexity index is 768. The lowest BCUT2D eigenvalue weighted by Gasteiger charge is -2.28. The zero-order chi connectivity index (χ0) is 28.3. The molecule has 0 radical (unpaired) electrons. The second-order valence-electron chi connectivity index (χ2n) is 11.0. The molecule has 0 saturated carbocycles. The van der Waals surface area contributed by atoms with E-state index in [0.717, 1.165) is 0 Å². The molecule has 0 bridgehead atoms. The number of amides is 4. The second-order valence-corrected chi connectivity index (χ2v) is 11.0. The minimum Gasteiger partial charge on any atom is -0.480 e. The summed E-state index contributed by atoms with van der Waals surface area (Å²) in [6, 6.07) is -4.75. The van der Waals surface area contributed by atoms with Crippen LogP contribution in [0.15, 0.2) is 0 Å². The van der Waals surface area contributed by atoms with Crippen molar-refractivity contribution in [1.29, 1.82) is 0 Å². The van der Waals surface area contributed by atoms with Crippen LogP contribution in [0.2, 0.25) is 0 Å². The number of rotatable bonds is 15. The van der Waals surface area contributed by atoms with Gasteiger partial charge in [-0.3, -0.25) is 19.2 Å². The Morgan fingerprint density at radius 3 is 1.50 bits per heavy atom. The Kier molecular flexibility index (Phi) is 14.3. The standard InChI is InChI=1S/C25H47N5O6/c1-12(2)10-17(26)22(32)28-18(11-13(3)4)23(33)29-19(14(5)6)24(34)27-16(9)21(31)30-20(15(7)8)25(35)36/h12-20H,10-11,26H2,1-9H3,(H,27,34)(H,28,32)(H,29,33)(H,30,31)(H,35,36). The van der Waals surface area contributed by atoms with Crippen molar-refractivity contribution in [2.75, 3.05) is 0 Å². The SMILES string of the molecule is CC(C)CC(N)C(=O)NC(CC(C)C)C(=O)NC(C(=O)NC(C)C(=O)NC(C(=O)O)C(C)C)C(C)C. The van der Waals surface area contributed by atoms with Gasteiger partial charge in [-0.15, -0.1) is 0 Å². The highest BCUT2D eigenvalue weighted by molar-refractivity contribution is 5.95. The first kappa shape index (κ1) is 33.3. The van der Waals surface area contributed by atoms with Gasteiger partial charge >= 0.3 is 5.97 Å². The molecule has 11 heteroatoms. The number of nitrogens with two attached hydrogens (primary N) is 1. The molecular weight excluding hydrogens is 466 g/mol. The molecule has 5 unspecified atom stereocenters. The molecule has 0 spiro atoms. The Hall–Kier alpha value is -2.69. The largest absolute Gasteiger partial charge is 0.480 e. The van der Waals surface area contributed by atoms with Crippen LogP contribution in [0, 0.1) is 23.7 Å². The van der Waals surface area contributed by atoms with Crippen molar-refractivity contribution in [2.24, 2.45) is 29.4 Å². The second kappa shape index (κ2) is 15.4. The molecule has 0 aliphatic heterocycles. The van der Waals surface area contributed by atoms with Gasteiger partial charge in [0.25, 0.3) is 0 Å². The maximum absolute atomic E-state index is 13.1. The summed E-state index contributed by atoms with van der Waals surface area (Å²) in [5.74, 6) is -3.75. The molecule has 0 aromatic carbocycles. The van der Waals surface area contributed by atoms with Crippen LogP contribution in [-0.2, 0) is 24.0 Å². The summed E-state index contributed by atoms with van der Waals surface area (Å²) in [5, 5.41) is 19.6. The maximum Gasteiger partial charge on any atom is 0.326 e. The van der Waals surface area contributed by atoms with E-state index in [1.807, 2.05) is 27.7 Å². The van der Waals surface area contributed by atoms with Crippen LogP contribution in [0.3, 0.4) is 0 Å². The Morgan fingerprint density at radius 2 is 1.08 bits per heavy atom. The maximum atomic E-state index is 13.1. The first-order valence-corrected chi connectivity index (χ1v) is 12.7. The van der Waals surface area contributed by atoms with Crippen molar-refractivity contribution in [1.82, 2.24) is 21.3 Å². The van der Waals surface area contributed by atoms with E-state index in [1.165, 1.54) is 6.92 Å².